The smallest absolute Gasteiger partial charge is 0.307 e. The van der Waals surface area contributed by atoms with E-state index in [1.54, 1.807) is 13.0 Å². The molecule has 88 valence electrons. The Morgan fingerprint density at radius 2 is 2.25 bits per heavy atom. The molecule has 1 rings (SSSR count). The van der Waals surface area contributed by atoms with Gasteiger partial charge in [-0.2, -0.15) is 0 Å². The van der Waals surface area contributed by atoms with E-state index in [4.69, 9.17) is 5.73 Å². The summed E-state index contributed by atoms with van der Waals surface area (Å²) in [5.41, 5.74) is 6.52. The molecular weight excluding hydrogens is 213 g/mol. The second-order valence-corrected chi connectivity index (χ2v) is 3.57. The molecule has 16 heavy (non-hydrogen) atoms. The van der Waals surface area contributed by atoms with E-state index in [0.29, 0.717) is 5.56 Å². The third kappa shape index (κ3) is 2.70. The standard InChI is InChI=1S/C11H14FNO3/c1-6-3-7(11(15)8(12)4-6)9(13)5-10(14)16-2/h3-4,9,15H,5,13H2,1-2H3/t9-/m0/s1. The average Bonchev–Trinajstić information content (AvgIpc) is 2.22. The van der Waals surface area contributed by atoms with Crippen LogP contribution in [0.1, 0.15) is 23.6 Å². The fraction of sp³-hybridized carbons (Fsp3) is 0.364. The number of ether oxygens (including phenoxy) is 1. The molecule has 0 saturated carbocycles. The summed E-state index contributed by atoms with van der Waals surface area (Å²) in [7, 11) is 1.24. The molecule has 1 atom stereocenters. The van der Waals surface area contributed by atoms with E-state index in [0.717, 1.165) is 0 Å². The van der Waals surface area contributed by atoms with Crippen LogP contribution in [0.15, 0.2) is 12.1 Å². The molecule has 0 fully saturated rings. The number of rotatable bonds is 3. The maximum atomic E-state index is 13.2. The molecule has 0 bridgehead atoms. The average molecular weight is 227 g/mol. The molecule has 4 nitrogen and oxygen atoms in total. The van der Waals surface area contributed by atoms with Gasteiger partial charge in [0.15, 0.2) is 11.6 Å². The number of aromatic hydroxyl groups is 1. The molecule has 0 heterocycles. The minimum absolute atomic E-state index is 0.104. The van der Waals surface area contributed by atoms with Crippen LogP contribution in [0.4, 0.5) is 4.39 Å². The maximum absolute atomic E-state index is 13.2. The van der Waals surface area contributed by atoms with Crippen molar-refractivity contribution < 1.29 is 19.0 Å². The Kier molecular flexibility index (Phi) is 3.84. The van der Waals surface area contributed by atoms with Crippen molar-refractivity contribution in [1.29, 1.82) is 0 Å². The van der Waals surface area contributed by atoms with Gasteiger partial charge in [-0.25, -0.2) is 4.39 Å². The van der Waals surface area contributed by atoms with Gasteiger partial charge in [-0.3, -0.25) is 4.79 Å². The minimum Gasteiger partial charge on any atom is -0.505 e. The molecule has 5 heteroatoms. The Morgan fingerprint density at radius 1 is 1.62 bits per heavy atom. The highest BCUT2D eigenvalue weighted by Gasteiger charge is 2.18. The lowest BCUT2D eigenvalue weighted by Gasteiger charge is -2.13. The van der Waals surface area contributed by atoms with Crippen LogP contribution < -0.4 is 5.73 Å². The van der Waals surface area contributed by atoms with Crippen molar-refractivity contribution in [2.24, 2.45) is 5.73 Å². The van der Waals surface area contributed by atoms with Crippen molar-refractivity contribution in [2.75, 3.05) is 7.11 Å². The highest BCUT2D eigenvalue weighted by atomic mass is 19.1. The topological polar surface area (TPSA) is 72.5 Å². The van der Waals surface area contributed by atoms with E-state index in [1.807, 2.05) is 0 Å². The van der Waals surface area contributed by atoms with Crippen LogP contribution in [0.25, 0.3) is 0 Å². The second-order valence-electron chi connectivity index (χ2n) is 3.57. The summed E-state index contributed by atoms with van der Waals surface area (Å²) in [6, 6.07) is 1.97. The van der Waals surface area contributed by atoms with Crippen LogP contribution >= 0.6 is 0 Å². The number of nitrogens with two attached hydrogens (primary N) is 1. The van der Waals surface area contributed by atoms with Gasteiger partial charge in [0.05, 0.1) is 13.5 Å². The van der Waals surface area contributed by atoms with Crippen LogP contribution in [-0.4, -0.2) is 18.2 Å². The zero-order valence-corrected chi connectivity index (χ0v) is 9.16. The van der Waals surface area contributed by atoms with Gasteiger partial charge < -0.3 is 15.6 Å². The van der Waals surface area contributed by atoms with Gasteiger partial charge in [0.25, 0.3) is 0 Å². The van der Waals surface area contributed by atoms with E-state index in [2.05, 4.69) is 4.74 Å². The van der Waals surface area contributed by atoms with Crippen LogP contribution in [-0.2, 0) is 9.53 Å². The lowest BCUT2D eigenvalue weighted by Crippen LogP contribution is -2.17. The van der Waals surface area contributed by atoms with Crippen molar-refractivity contribution in [3.05, 3.63) is 29.1 Å². The minimum atomic E-state index is -0.776. The summed E-state index contributed by atoms with van der Waals surface area (Å²) < 4.78 is 17.6. The largest absolute Gasteiger partial charge is 0.505 e. The number of halogens is 1. The maximum Gasteiger partial charge on any atom is 0.307 e. The normalized spacial score (nSPS) is 12.2. The number of esters is 1. The Labute approximate surface area is 92.8 Å². The van der Waals surface area contributed by atoms with E-state index in [-0.39, 0.29) is 12.0 Å². The molecule has 0 saturated heterocycles. The van der Waals surface area contributed by atoms with Crippen LogP contribution in [0.5, 0.6) is 5.75 Å². The molecule has 0 unspecified atom stereocenters. The van der Waals surface area contributed by atoms with Crippen molar-refractivity contribution in [3.63, 3.8) is 0 Å². The van der Waals surface area contributed by atoms with Crippen molar-refractivity contribution >= 4 is 5.97 Å². The zero-order chi connectivity index (χ0) is 12.3. The van der Waals surface area contributed by atoms with Gasteiger partial charge in [-0.1, -0.05) is 6.07 Å². The first kappa shape index (κ1) is 12.4. The predicted octanol–water partition coefficient (Wildman–Crippen LogP) is 1.40. The summed E-state index contributed by atoms with van der Waals surface area (Å²) in [5, 5.41) is 9.47. The summed E-state index contributed by atoms with van der Waals surface area (Å²) in [6.45, 7) is 1.68. The quantitative estimate of drug-likeness (QED) is 0.765. The van der Waals surface area contributed by atoms with E-state index in [9.17, 15) is 14.3 Å². The molecule has 0 aliphatic carbocycles. The predicted molar refractivity (Wildman–Crippen MR) is 56.4 cm³/mol. The van der Waals surface area contributed by atoms with Crippen LogP contribution in [0, 0.1) is 12.7 Å². The Balaban J connectivity index is 2.99. The second kappa shape index (κ2) is 4.94. The number of phenolic OH excluding ortho intramolecular Hbond substituents is 1. The van der Waals surface area contributed by atoms with Crippen molar-refractivity contribution in [2.45, 2.75) is 19.4 Å². The first-order valence-electron chi connectivity index (χ1n) is 4.77. The zero-order valence-electron chi connectivity index (χ0n) is 9.16. The lowest BCUT2D eigenvalue weighted by molar-refractivity contribution is -0.141. The first-order valence-corrected chi connectivity index (χ1v) is 4.77. The van der Waals surface area contributed by atoms with Gasteiger partial charge >= 0.3 is 5.97 Å². The summed E-state index contributed by atoms with van der Waals surface area (Å²) >= 11 is 0. The molecule has 0 aliphatic rings. The molecule has 1 aromatic carbocycles. The van der Waals surface area contributed by atoms with Gasteiger partial charge in [0, 0.05) is 11.6 Å². The molecule has 0 aliphatic heterocycles. The first-order chi connectivity index (χ1) is 7.45. The number of phenols is 1. The van der Waals surface area contributed by atoms with Crippen molar-refractivity contribution in [1.82, 2.24) is 0 Å². The number of carbonyl (C=O) groups excluding carboxylic acids is 1. The molecule has 0 amide bonds. The van der Waals surface area contributed by atoms with Crippen molar-refractivity contribution in [3.8, 4) is 5.75 Å². The number of hydrogen-bond donors (Lipinski definition) is 2. The van der Waals surface area contributed by atoms with Gasteiger partial charge in [0.2, 0.25) is 0 Å². The van der Waals surface area contributed by atoms with Crippen LogP contribution in [0.2, 0.25) is 0 Å². The van der Waals surface area contributed by atoms with E-state index >= 15 is 0 Å². The molecule has 0 spiro atoms. The molecule has 1 aromatic rings. The molecule has 0 radical (unpaired) electrons. The molecule has 3 N–H and O–H groups in total. The third-order valence-corrected chi connectivity index (χ3v) is 2.25. The van der Waals surface area contributed by atoms with Crippen LogP contribution in [0.3, 0.4) is 0 Å². The number of benzene rings is 1. The molecule has 0 aromatic heterocycles. The summed E-state index contributed by atoms with van der Waals surface area (Å²) in [5.74, 6) is -1.76. The Hall–Kier alpha value is -1.62. The number of carbonyl (C=O) groups is 1. The Bertz CT molecular complexity index is 406. The SMILES string of the molecule is COC(=O)C[C@H](N)c1cc(C)cc(F)c1O. The molecular formula is C11H14FNO3. The highest BCUT2D eigenvalue weighted by molar-refractivity contribution is 5.70. The Morgan fingerprint density at radius 3 is 2.81 bits per heavy atom. The summed E-state index contributed by atoms with van der Waals surface area (Å²) in [4.78, 5) is 11.0. The van der Waals surface area contributed by atoms with Gasteiger partial charge in [-0.05, 0) is 18.6 Å². The van der Waals surface area contributed by atoms with Gasteiger partial charge in [0.1, 0.15) is 0 Å². The fourth-order valence-corrected chi connectivity index (χ4v) is 1.42. The number of hydrogen-bond acceptors (Lipinski definition) is 4. The van der Waals surface area contributed by atoms with Gasteiger partial charge in [-0.15, -0.1) is 0 Å². The lowest BCUT2D eigenvalue weighted by atomic mass is 10.0. The third-order valence-electron chi connectivity index (χ3n) is 2.25. The summed E-state index contributed by atoms with van der Waals surface area (Å²) in [6.07, 6.45) is -0.104. The number of methoxy groups -OCH3 is 1. The highest BCUT2D eigenvalue weighted by Crippen LogP contribution is 2.28. The monoisotopic (exact) mass is 227 g/mol. The number of aryl methyl sites for hydroxylation is 1. The van der Waals surface area contributed by atoms with E-state index in [1.165, 1.54) is 13.2 Å². The van der Waals surface area contributed by atoms with E-state index < -0.39 is 23.6 Å². The fourth-order valence-electron chi connectivity index (χ4n) is 1.42.